The van der Waals surface area contributed by atoms with Crippen LogP contribution in [0.25, 0.3) is 10.8 Å². The first-order valence-electron chi connectivity index (χ1n) is 14.4. The number of nitrogens with one attached hydrogen (secondary N) is 1. The minimum atomic E-state index is -4.93. The van der Waals surface area contributed by atoms with Crippen LogP contribution in [0.4, 0.5) is 48.7 Å². The first kappa shape index (κ1) is 41.1. The number of hydrogen-bond donors (Lipinski definition) is 6. The zero-order valence-electron chi connectivity index (χ0n) is 26.9. The Hall–Kier alpha value is -5.04. The van der Waals surface area contributed by atoms with Gasteiger partial charge in [0.05, 0.1) is 45.6 Å². The van der Waals surface area contributed by atoms with Gasteiger partial charge in [0.2, 0.25) is 5.95 Å². The third kappa shape index (κ3) is 10.6. The van der Waals surface area contributed by atoms with E-state index in [-0.39, 0.29) is 73.7 Å². The fourth-order valence-corrected chi connectivity index (χ4v) is 7.00. The topological polar surface area (TPSA) is 309 Å². The summed E-state index contributed by atoms with van der Waals surface area (Å²) < 4.78 is 99.8. The van der Waals surface area contributed by atoms with Crippen LogP contribution in [0.1, 0.15) is 0 Å². The third-order valence-electron chi connectivity index (χ3n) is 6.83. The van der Waals surface area contributed by atoms with Crippen LogP contribution in [0.15, 0.2) is 102 Å². The van der Waals surface area contributed by atoms with Crippen LogP contribution in [0.5, 0.6) is 5.75 Å². The van der Waals surface area contributed by atoms with E-state index in [2.05, 4.69) is 54.5 Å². The fraction of sp³-hybridized carbons (Fsp3) is 0.0714. The number of benzene rings is 4. The van der Waals surface area contributed by atoms with Crippen molar-refractivity contribution in [2.24, 2.45) is 20.5 Å². The van der Waals surface area contributed by atoms with Gasteiger partial charge in [-0.1, -0.05) is 10.1 Å². The van der Waals surface area contributed by atoms with E-state index in [1.165, 1.54) is 42.5 Å². The van der Waals surface area contributed by atoms with Gasteiger partial charge in [-0.2, -0.15) is 32.3 Å². The summed E-state index contributed by atoms with van der Waals surface area (Å²) in [6.07, 6.45) is -1.39. The molecule has 5 aromatic rings. The van der Waals surface area contributed by atoms with Crippen molar-refractivity contribution in [3.05, 3.63) is 78.8 Å². The number of rotatable bonds is 17. The molecule has 0 unspecified atom stereocenters. The van der Waals surface area contributed by atoms with Gasteiger partial charge >= 0.3 is 6.08 Å². The predicted molar refractivity (Wildman–Crippen MR) is 187 cm³/mol. The van der Waals surface area contributed by atoms with Crippen molar-refractivity contribution in [2.45, 2.75) is 14.7 Å². The van der Waals surface area contributed by atoms with Crippen LogP contribution >= 0.6 is 24.4 Å². The number of phenolic OH excluding ortho intramolecular Hbond substituents is 1. The van der Waals surface area contributed by atoms with Crippen LogP contribution in [0.2, 0.25) is 0 Å². The molecule has 0 aliphatic rings. The van der Waals surface area contributed by atoms with Crippen molar-refractivity contribution < 1.29 is 68.7 Å². The first-order valence-corrected chi connectivity index (χ1v) is 18.9. The first-order chi connectivity index (χ1) is 26.2. The SMILES string of the molecule is Nc1ccc2c(O)c(N=Nc3cc(Nc4cc(F)nc(F)n4)ccc3S(=O)(=O)O)c(SOOO)cc2c1N=Nc1ccc(S(=O)(=O)CCOSOOO)cc1. The largest absolute Gasteiger partial charge is 0.505 e. The number of azo groups is 2. The lowest BCUT2D eigenvalue weighted by Gasteiger charge is -2.12. The van der Waals surface area contributed by atoms with Crippen molar-refractivity contribution in [2.75, 3.05) is 23.4 Å². The van der Waals surface area contributed by atoms with E-state index in [0.717, 1.165) is 24.3 Å². The average molecular weight is 845 g/mol. The summed E-state index contributed by atoms with van der Waals surface area (Å²) in [6, 6.07) is 13.2. The molecule has 5 rings (SSSR count). The Bertz CT molecular complexity index is 2460. The predicted octanol–water partition coefficient (Wildman–Crippen LogP) is 7.22. The molecule has 0 radical (unpaired) electrons. The average Bonchev–Trinajstić information content (AvgIpc) is 3.12. The number of phenols is 1. The van der Waals surface area contributed by atoms with Gasteiger partial charge in [0.25, 0.3) is 10.1 Å². The fourth-order valence-electron chi connectivity index (χ4n) is 4.50. The Morgan fingerprint density at radius 1 is 0.836 bits per heavy atom. The van der Waals surface area contributed by atoms with Gasteiger partial charge in [0, 0.05) is 22.5 Å². The van der Waals surface area contributed by atoms with E-state index in [1.54, 1.807) is 0 Å². The van der Waals surface area contributed by atoms with Crippen molar-refractivity contribution in [1.29, 1.82) is 0 Å². The molecule has 0 aliphatic carbocycles. The molecule has 0 amide bonds. The zero-order valence-corrected chi connectivity index (χ0v) is 30.1. The van der Waals surface area contributed by atoms with Crippen LogP contribution in [-0.2, 0) is 42.9 Å². The highest BCUT2D eigenvalue weighted by Crippen LogP contribution is 2.48. The molecule has 21 nitrogen and oxygen atoms in total. The van der Waals surface area contributed by atoms with Gasteiger partial charge in [-0.3, -0.25) is 8.74 Å². The maximum atomic E-state index is 13.6. The molecule has 0 saturated heterocycles. The second kappa shape index (κ2) is 18.1. The third-order valence-corrected chi connectivity index (χ3v) is 10.4. The maximum absolute atomic E-state index is 13.6. The van der Waals surface area contributed by atoms with Gasteiger partial charge in [-0.05, 0) is 60.7 Å². The van der Waals surface area contributed by atoms with Gasteiger partial charge in [-0.25, -0.2) is 18.9 Å². The van der Waals surface area contributed by atoms with Crippen LogP contribution in [0.3, 0.4) is 0 Å². The highest BCUT2D eigenvalue weighted by Gasteiger charge is 2.21. The summed E-state index contributed by atoms with van der Waals surface area (Å²) in [5.41, 5.74) is 5.55. The second-order valence-corrected chi connectivity index (χ2v) is 15.0. The van der Waals surface area contributed by atoms with Crippen LogP contribution < -0.4 is 11.1 Å². The number of nitrogens with two attached hydrogens (primary N) is 1. The molecule has 1 heterocycles. The van der Waals surface area contributed by atoms with Crippen molar-refractivity contribution in [1.82, 2.24) is 9.97 Å². The number of aromatic hydroxyl groups is 1. The number of aromatic nitrogens is 2. The van der Waals surface area contributed by atoms with Crippen molar-refractivity contribution in [3.63, 3.8) is 0 Å². The number of anilines is 3. The number of nitrogen functional groups attached to an aromatic ring is 1. The smallest absolute Gasteiger partial charge is 0.313 e. The minimum absolute atomic E-state index is 0.00788. The quantitative estimate of drug-likeness (QED) is 0.00619. The van der Waals surface area contributed by atoms with Gasteiger partial charge < -0.3 is 16.2 Å². The minimum Gasteiger partial charge on any atom is -0.505 e. The normalized spacial score (nSPS) is 12.3. The highest BCUT2D eigenvalue weighted by molar-refractivity contribution is 7.94. The molecule has 0 fully saturated rings. The van der Waals surface area contributed by atoms with E-state index in [0.29, 0.717) is 12.0 Å². The Kier molecular flexibility index (Phi) is 13.5. The molecule has 0 aliphatic heterocycles. The summed E-state index contributed by atoms with van der Waals surface area (Å²) in [6.45, 7) is -0.294. The van der Waals surface area contributed by atoms with Crippen molar-refractivity contribution in [3.8, 4) is 5.75 Å². The van der Waals surface area contributed by atoms with E-state index in [1.807, 2.05) is 0 Å². The zero-order chi connectivity index (χ0) is 39.8. The Balaban J connectivity index is 1.49. The number of hydrogen-bond acceptors (Lipinski definition) is 22. The number of nitrogens with zero attached hydrogens (tertiary/aromatic N) is 6. The Morgan fingerprint density at radius 2 is 1.56 bits per heavy atom. The molecular formula is C28H22F2N8O13S4. The highest BCUT2D eigenvalue weighted by atomic mass is 32.2. The summed E-state index contributed by atoms with van der Waals surface area (Å²) in [5.74, 6) is -2.58. The van der Waals surface area contributed by atoms with Crippen molar-refractivity contribution >= 4 is 95.0 Å². The lowest BCUT2D eigenvalue weighted by Crippen LogP contribution is -2.10. The molecule has 0 saturated carbocycles. The van der Waals surface area contributed by atoms with E-state index < -0.39 is 54.1 Å². The molecular weight excluding hydrogens is 823 g/mol. The van der Waals surface area contributed by atoms with Crippen LogP contribution in [0, 0.1) is 12.0 Å². The van der Waals surface area contributed by atoms with E-state index in [4.69, 9.17) is 20.4 Å². The molecule has 55 heavy (non-hydrogen) atoms. The molecule has 7 N–H and O–H groups in total. The van der Waals surface area contributed by atoms with E-state index in [9.17, 15) is 35.3 Å². The molecule has 0 spiro atoms. The monoisotopic (exact) mass is 844 g/mol. The summed E-state index contributed by atoms with van der Waals surface area (Å²) >= 11 is 0.546. The van der Waals surface area contributed by atoms with Crippen LogP contribution in [-0.4, -0.2) is 59.3 Å². The second-order valence-electron chi connectivity index (χ2n) is 10.3. The maximum Gasteiger partial charge on any atom is 0.313 e. The number of halogens is 2. The molecule has 27 heteroatoms. The number of fused-ring (bicyclic) bond motifs is 1. The van der Waals surface area contributed by atoms with E-state index >= 15 is 0 Å². The molecule has 1 aromatic heterocycles. The summed E-state index contributed by atoms with van der Waals surface area (Å²) in [7, 11) is -8.72. The Morgan fingerprint density at radius 3 is 2.25 bits per heavy atom. The number of sulfone groups is 1. The van der Waals surface area contributed by atoms with Gasteiger partial charge in [0.1, 0.15) is 27.8 Å². The lowest BCUT2D eigenvalue weighted by atomic mass is 10.1. The summed E-state index contributed by atoms with van der Waals surface area (Å²) in [5, 5.41) is 54.1. The van der Waals surface area contributed by atoms with Gasteiger partial charge in [-0.15, -0.1) is 24.0 Å². The molecule has 0 atom stereocenters. The lowest BCUT2D eigenvalue weighted by molar-refractivity contribution is -0.434. The van der Waals surface area contributed by atoms with Gasteiger partial charge in [0.15, 0.2) is 27.9 Å². The Labute approximate surface area is 315 Å². The molecule has 4 aromatic carbocycles. The standard InChI is InChI=1S/C28H22F2N8O13S4/c29-23-13-24(34-28(30)33-23)32-15-3-8-22(55(44,45)46)20(11-15)36-38-26-21(52-50-48-40)12-18-17(27(26)39)6-7-19(31)25(18)37-35-14-1-4-16(5-2-14)54(42,43)10-9-47-53-51-49-41/h1-8,11-13,39-41H,9-10,31H2,(H,32,33,34)(H,44,45,46). The molecule has 290 valence electrons. The summed E-state index contributed by atoms with van der Waals surface area (Å²) in [4.78, 5) is 5.33. The molecule has 0 bridgehead atoms.